The third-order valence-electron chi connectivity index (χ3n) is 3.94. The number of halogens is 1. The molecule has 1 aromatic carbocycles. The molecular weight excluding hydrogens is 302 g/mol. The zero-order chi connectivity index (χ0) is 15.7. The standard InChI is InChI=1S/C16H18FN2O2P/c1-22(9-20)10-21-16-14(22)8-13(6-7-18)19-15(16)11-2-4-12(17)5-3-11/h2-5,8-9,22H,6-7,10,18H2,1H3. The number of fused-ring (bicyclic) bond motifs is 1. The molecule has 4 nitrogen and oxygen atoms in total. The number of benzene rings is 1. The summed E-state index contributed by atoms with van der Waals surface area (Å²) in [6.45, 7) is 2.46. The molecular formula is C16H18FN2O2P. The van der Waals surface area contributed by atoms with Crippen LogP contribution in [0.25, 0.3) is 11.3 Å². The van der Waals surface area contributed by atoms with E-state index in [1.807, 2.05) is 12.7 Å². The van der Waals surface area contributed by atoms with Crippen LogP contribution in [-0.2, 0) is 11.2 Å². The van der Waals surface area contributed by atoms with Crippen LogP contribution >= 0.6 is 7.26 Å². The van der Waals surface area contributed by atoms with Gasteiger partial charge in [0.15, 0.2) is 0 Å². The fourth-order valence-electron chi connectivity index (χ4n) is 2.63. The van der Waals surface area contributed by atoms with Crippen LogP contribution in [0, 0.1) is 5.82 Å². The molecule has 0 atom stereocenters. The van der Waals surface area contributed by atoms with E-state index in [9.17, 15) is 9.18 Å². The van der Waals surface area contributed by atoms with Crippen LogP contribution in [0.5, 0.6) is 5.75 Å². The molecule has 0 bridgehead atoms. The van der Waals surface area contributed by atoms with E-state index in [0.29, 0.717) is 30.8 Å². The fraction of sp³-hybridized carbons (Fsp3) is 0.250. The van der Waals surface area contributed by atoms with Crippen molar-refractivity contribution in [2.45, 2.75) is 6.42 Å². The van der Waals surface area contributed by atoms with Gasteiger partial charge in [0.1, 0.15) is 0 Å². The summed E-state index contributed by atoms with van der Waals surface area (Å²) in [5.74, 6) is 0.361. The summed E-state index contributed by atoms with van der Waals surface area (Å²) in [4.78, 5) is 16.2. The van der Waals surface area contributed by atoms with E-state index in [2.05, 4.69) is 4.98 Å². The van der Waals surface area contributed by atoms with Crippen molar-refractivity contribution < 1.29 is 13.9 Å². The Morgan fingerprint density at radius 1 is 1.41 bits per heavy atom. The molecule has 1 aliphatic rings. The predicted molar refractivity (Wildman–Crippen MR) is 88.5 cm³/mol. The van der Waals surface area contributed by atoms with Gasteiger partial charge in [-0.1, -0.05) is 0 Å². The summed E-state index contributed by atoms with van der Waals surface area (Å²) in [5.41, 5.74) is 7.92. The van der Waals surface area contributed by atoms with Gasteiger partial charge in [-0.15, -0.1) is 0 Å². The van der Waals surface area contributed by atoms with E-state index in [1.165, 1.54) is 12.1 Å². The quantitative estimate of drug-likeness (QED) is 0.691. The van der Waals surface area contributed by atoms with Crippen LogP contribution in [0.3, 0.4) is 0 Å². The Kier molecular flexibility index (Phi) is 3.94. The zero-order valence-corrected chi connectivity index (χ0v) is 13.3. The minimum absolute atomic E-state index is 0.300. The fourth-order valence-corrected chi connectivity index (χ4v) is 4.63. The number of hydrogen-bond acceptors (Lipinski definition) is 4. The first-order valence-electron chi connectivity index (χ1n) is 7.17. The first-order valence-corrected chi connectivity index (χ1v) is 9.95. The van der Waals surface area contributed by atoms with Crippen molar-refractivity contribution in [2.75, 3.05) is 19.6 Å². The normalized spacial score (nSPS) is 16.7. The van der Waals surface area contributed by atoms with E-state index >= 15 is 0 Å². The molecule has 0 fully saturated rings. The monoisotopic (exact) mass is 320 g/mol. The molecule has 116 valence electrons. The number of aromatic nitrogens is 1. The molecule has 22 heavy (non-hydrogen) atoms. The third-order valence-corrected chi connectivity index (χ3v) is 6.80. The molecule has 2 heterocycles. The van der Waals surface area contributed by atoms with Crippen molar-refractivity contribution in [2.24, 2.45) is 5.73 Å². The number of nitrogens with zero attached hydrogens (tertiary/aromatic N) is 1. The average molecular weight is 320 g/mol. The molecule has 3 rings (SSSR count). The first-order chi connectivity index (χ1) is 10.6. The molecule has 0 aliphatic carbocycles. The molecule has 2 aromatic rings. The topological polar surface area (TPSA) is 65.2 Å². The van der Waals surface area contributed by atoms with Gasteiger partial charge in [0, 0.05) is 0 Å². The molecule has 0 spiro atoms. The molecule has 1 aromatic heterocycles. The predicted octanol–water partition coefficient (Wildman–Crippen LogP) is 1.93. The molecule has 0 unspecified atom stereocenters. The molecule has 0 saturated carbocycles. The summed E-state index contributed by atoms with van der Waals surface area (Å²) >= 11 is 0. The van der Waals surface area contributed by atoms with Gasteiger partial charge in [-0.2, -0.15) is 0 Å². The summed E-state index contributed by atoms with van der Waals surface area (Å²) in [6.07, 6.45) is 1.05. The van der Waals surface area contributed by atoms with E-state index in [4.69, 9.17) is 10.5 Å². The maximum atomic E-state index is 13.1. The van der Waals surface area contributed by atoms with Crippen LogP contribution in [-0.4, -0.2) is 30.6 Å². The average Bonchev–Trinajstić information content (AvgIpc) is 2.86. The number of pyridine rings is 1. The SMILES string of the molecule is C[PH]1(C=O)COc2c1cc(CCN)nc2-c1ccc(F)cc1. The number of hydrogen-bond donors (Lipinski definition) is 1. The van der Waals surface area contributed by atoms with Gasteiger partial charge < -0.3 is 0 Å². The Labute approximate surface area is 128 Å². The Morgan fingerprint density at radius 2 is 2.14 bits per heavy atom. The van der Waals surface area contributed by atoms with Crippen molar-refractivity contribution in [3.05, 3.63) is 41.8 Å². The van der Waals surface area contributed by atoms with Crippen molar-refractivity contribution in [1.29, 1.82) is 0 Å². The van der Waals surface area contributed by atoms with Crippen molar-refractivity contribution in [1.82, 2.24) is 4.98 Å². The Hall–Kier alpha value is -1.84. The minimum atomic E-state index is -2.27. The summed E-state index contributed by atoms with van der Waals surface area (Å²) < 4.78 is 18.9. The summed E-state index contributed by atoms with van der Waals surface area (Å²) in [5, 5.41) is 0.959. The van der Waals surface area contributed by atoms with Gasteiger partial charge in [0.05, 0.1) is 0 Å². The molecule has 2 N–H and O–H groups in total. The van der Waals surface area contributed by atoms with E-state index in [1.54, 1.807) is 12.1 Å². The number of nitrogens with two attached hydrogens (primary N) is 1. The van der Waals surface area contributed by atoms with Crippen molar-refractivity contribution in [3.8, 4) is 17.0 Å². The molecule has 0 amide bonds. The maximum absolute atomic E-state index is 13.1. The second-order valence-electron chi connectivity index (χ2n) is 5.71. The van der Waals surface area contributed by atoms with Crippen molar-refractivity contribution in [3.63, 3.8) is 0 Å². The molecule has 6 heteroatoms. The van der Waals surface area contributed by atoms with Crippen LogP contribution < -0.4 is 15.8 Å². The Morgan fingerprint density at radius 3 is 2.77 bits per heavy atom. The van der Waals surface area contributed by atoms with E-state index < -0.39 is 7.26 Å². The van der Waals surface area contributed by atoms with Crippen LogP contribution in [0.4, 0.5) is 4.39 Å². The zero-order valence-electron chi connectivity index (χ0n) is 12.3. The molecule has 0 saturated heterocycles. The van der Waals surface area contributed by atoms with Gasteiger partial charge in [-0.3, -0.25) is 0 Å². The second kappa shape index (κ2) is 5.75. The molecule has 1 aliphatic heterocycles. The Bertz CT molecular complexity index is 721. The van der Waals surface area contributed by atoms with E-state index in [0.717, 1.165) is 22.6 Å². The van der Waals surface area contributed by atoms with Crippen molar-refractivity contribution >= 4 is 18.6 Å². The molecule has 0 radical (unpaired) electrons. The van der Waals surface area contributed by atoms with Gasteiger partial charge in [-0.25, -0.2) is 0 Å². The Balaban J connectivity index is 2.19. The van der Waals surface area contributed by atoms with Crippen LogP contribution in [0.15, 0.2) is 30.3 Å². The second-order valence-corrected chi connectivity index (χ2v) is 9.61. The number of carbonyl (C=O) groups excluding carboxylic acids is 1. The van der Waals surface area contributed by atoms with Gasteiger partial charge in [0.2, 0.25) is 0 Å². The van der Waals surface area contributed by atoms with Gasteiger partial charge in [-0.05, 0) is 0 Å². The van der Waals surface area contributed by atoms with Gasteiger partial charge >= 0.3 is 128 Å². The third kappa shape index (κ3) is 2.51. The van der Waals surface area contributed by atoms with Gasteiger partial charge in [0.25, 0.3) is 0 Å². The summed E-state index contributed by atoms with van der Waals surface area (Å²) in [6, 6.07) is 9.12. The summed E-state index contributed by atoms with van der Waals surface area (Å²) in [7, 11) is -2.27. The number of ether oxygens (including phenoxy) is 1. The number of rotatable bonds is 4. The first kappa shape index (κ1) is 15.1. The number of carbonyl (C=O) groups is 1. The van der Waals surface area contributed by atoms with E-state index in [-0.39, 0.29) is 5.82 Å². The van der Waals surface area contributed by atoms with Crippen LogP contribution in [0.1, 0.15) is 5.69 Å². The van der Waals surface area contributed by atoms with Crippen LogP contribution in [0.2, 0.25) is 0 Å².